The van der Waals surface area contributed by atoms with Crippen LogP contribution in [0.5, 0.6) is 11.5 Å². The van der Waals surface area contributed by atoms with Gasteiger partial charge in [-0.1, -0.05) is 57.2 Å². The number of fused-ring (bicyclic) bond motifs is 1. The maximum absolute atomic E-state index is 12.5. The number of ether oxygens (including phenoxy) is 2. The third kappa shape index (κ3) is 3.92. The quantitative estimate of drug-likeness (QED) is 0.612. The molecule has 172 valence electrons. The summed E-state index contributed by atoms with van der Waals surface area (Å²) in [5, 5.41) is 7.95. The van der Waals surface area contributed by atoms with Gasteiger partial charge >= 0.3 is 0 Å². The van der Waals surface area contributed by atoms with Gasteiger partial charge in [0, 0.05) is 16.8 Å². The van der Waals surface area contributed by atoms with E-state index in [4.69, 9.17) is 25.3 Å². The first kappa shape index (κ1) is 22.4. The van der Waals surface area contributed by atoms with Gasteiger partial charge in [0.2, 0.25) is 11.9 Å². The number of methoxy groups -OCH3 is 2. The maximum atomic E-state index is 12.5. The van der Waals surface area contributed by atoms with E-state index < -0.39 is 11.9 Å². The second-order valence-electron chi connectivity index (χ2n) is 9.04. The topological polar surface area (TPSA) is 104 Å². The largest absolute Gasteiger partial charge is 0.493 e. The summed E-state index contributed by atoms with van der Waals surface area (Å²) in [4.78, 5) is 17.2. The summed E-state index contributed by atoms with van der Waals surface area (Å²) in [5.41, 5.74) is 9.66. The minimum absolute atomic E-state index is 0.0480. The van der Waals surface area contributed by atoms with Crippen LogP contribution in [-0.2, 0) is 10.2 Å². The summed E-state index contributed by atoms with van der Waals surface area (Å²) in [6, 6.07) is 13.1. The fraction of sp³-hybridized carbons (Fsp3) is 0.320. The van der Waals surface area contributed by atoms with Gasteiger partial charge in [-0.3, -0.25) is 4.79 Å². The van der Waals surface area contributed by atoms with Gasteiger partial charge in [-0.15, -0.1) is 5.10 Å². The van der Waals surface area contributed by atoms with E-state index in [9.17, 15) is 4.79 Å². The second kappa shape index (κ2) is 8.27. The fourth-order valence-corrected chi connectivity index (χ4v) is 4.13. The van der Waals surface area contributed by atoms with Crippen molar-refractivity contribution in [1.82, 2.24) is 14.8 Å². The number of allylic oxidation sites excluding steroid dienone is 1. The Bertz CT molecular complexity index is 1240. The Morgan fingerprint density at radius 2 is 1.79 bits per heavy atom. The Kier molecular flexibility index (Phi) is 5.61. The third-order valence-electron chi connectivity index (χ3n) is 5.86. The van der Waals surface area contributed by atoms with Crippen LogP contribution in [0.1, 0.15) is 44.9 Å². The second-order valence-corrected chi connectivity index (χ2v) is 9.04. The number of nitrogens with zero attached hydrogens (tertiary/aromatic N) is 3. The van der Waals surface area contributed by atoms with Crippen LogP contribution in [-0.4, -0.2) is 34.9 Å². The molecular weight excluding hydrogens is 418 g/mol. The molecule has 33 heavy (non-hydrogen) atoms. The first-order valence-corrected chi connectivity index (χ1v) is 10.7. The smallest absolute Gasteiger partial charge is 0.248 e. The Balaban J connectivity index is 1.87. The lowest BCUT2D eigenvalue weighted by Crippen LogP contribution is -2.32. The van der Waals surface area contributed by atoms with Crippen molar-refractivity contribution in [2.75, 3.05) is 19.5 Å². The van der Waals surface area contributed by atoms with Crippen LogP contribution in [0, 0.1) is 0 Å². The van der Waals surface area contributed by atoms with Crippen molar-refractivity contribution in [1.29, 1.82) is 0 Å². The number of nitrogens with two attached hydrogens (primary N) is 1. The normalized spacial score (nSPS) is 15.6. The number of hydrogen-bond acceptors (Lipinski definition) is 6. The van der Waals surface area contributed by atoms with E-state index in [1.165, 1.54) is 5.56 Å². The SMILES string of the molecule is COc1cccc(C2C(C(N)=O)=C(C)Nc3nc(-c4ccc(C(C)(C)C)cc4)nn32)c1OC. The minimum Gasteiger partial charge on any atom is -0.493 e. The van der Waals surface area contributed by atoms with E-state index >= 15 is 0 Å². The van der Waals surface area contributed by atoms with Gasteiger partial charge in [0.15, 0.2) is 17.3 Å². The zero-order valence-electron chi connectivity index (χ0n) is 19.8. The lowest BCUT2D eigenvalue weighted by molar-refractivity contribution is -0.115. The van der Waals surface area contributed by atoms with Crippen molar-refractivity contribution >= 4 is 11.9 Å². The first-order chi connectivity index (χ1) is 15.7. The summed E-state index contributed by atoms with van der Waals surface area (Å²) < 4.78 is 12.8. The lowest BCUT2D eigenvalue weighted by Gasteiger charge is -2.29. The number of hydrogen-bond donors (Lipinski definition) is 2. The van der Waals surface area contributed by atoms with Crippen LogP contribution >= 0.6 is 0 Å². The molecule has 3 aromatic rings. The van der Waals surface area contributed by atoms with Crippen LogP contribution in [0.15, 0.2) is 53.7 Å². The number of anilines is 1. The van der Waals surface area contributed by atoms with Crippen molar-refractivity contribution in [3.8, 4) is 22.9 Å². The molecule has 8 nitrogen and oxygen atoms in total. The van der Waals surface area contributed by atoms with Gasteiger partial charge in [0.25, 0.3) is 0 Å². The molecule has 1 unspecified atom stereocenters. The molecule has 4 rings (SSSR count). The van der Waals surface area contributed by atoms with Crippen molar-refractivity contribution in [2.45, 2.75) is 39.2 Å². The highest BCUT2D eigenvalue weighted by molar-refractivity contribution is 5.95. The molecule has 0 bridgehead atoms. The summed E-state index contributed by atoms with van der Waals surface area (Å²) in [7, 11) is 3.13. The summed E-state index contributed by atoms with van der Waals surface area (Å²) in [6.07, 6.45) is 0. The van der Waals surface area contributed by atoms with Gasteiger partial charge in [-0.05, 0) is 24.0 Å². The number of carbonyl (C=O) groups excluding carboxylic acids is 1. The summed E-state index contributed by atoms with van der Waals surface area (Å²) in [6.45, 7) is 8.32. The van der Waals surface area contributed by atoms with Crippen molar-refractivity contribution in [3.05, 3.63) is 64.9 Å². The Labute approximate surface area is 193 Å². The van der Waals surface area contributed by atoms with Crippen LogP contribution in [0.3, 0.4) is 0 Å². The van der Waals surface area contributed by atoms with Crippen LogP contribution in [0.4, 0.5) is 5.95 Å². The predicted molar refractivity (Wildman–Crippen MR) is 127 cm³/mol. The van der Waals surface area contributed by atoms with Crippen molar-refractivity contribution in [2.24, 2.45) is 5.73 Å². The number of benzene rings is 2. The molecule has 8 heteroatoms. The van der Waals surface area contributed by atoms with E-state index in [0.717, 1.165) is 5.56 Å². The van der Waals surface area contributed by atoms with E-state index in [-0.39, 0.29) is 5.41 Å². The molecule has 1 amide bonds. The molecule has 0 spiro atoms. The molecule has 1 atom stereocenters. The van der Waals surface area contributed by atoms with Gasteiger partial charge in [-0.25, -0.2) is 4.68 Å². The highest BCUT2D eigenvalue weighted by Gasteiger charge is 2.36. The highest BCUT2D eigenvalue weighted by atomic mass is 16.5. The van der Waals surface area contributed by atoms with E-state index in [1.807, 2.05) is 24.3 Å². The monoisotopic (exact) mass is 447 g/mol. The number of para-hydroxylation sites is 1. The lowest BCUT2D eigenvalue weighted by atomic mass is 9.87. The van der Waals surface area contributed by atoms with Gasteiger partial charge in [0.05, 0.1) is 19.8 Å². The first-order valence-electron chi connectivity index (χ1n) is 10.7. The standard InChI is InChI=1S/C25H29N5O3/c1-14-19(22(26)31)20(17-8-7-9-18(32-5)21(17)33-6)30-24(27-14)28-23(29-30)15-10-12-16(13-11-15)25(2,3)4/h7-13,20H,1-6H3,(H2,26,31)(H,27,28,29). The third-order valence-corrected chi connectivity index (χ3v) is 5.86. The summed E-state index contributed by atoms with van der Waals surface area (Å²) in [5.74, 6) is 1.57. The van der Waals surface area contributed by atoms with Crippen molar-refractivity contribution < 1.29 is 14.3 Å². The molecule has 2 aromatic carbocycles. The molecule has 1 aromatic heterocycles. The highest BCUT2D eigenvalue weighted by Crippen LogP contribution is 2.43. The number of amides is 1. The number of primary amides is 1. The van der Waals surface area contributed by atoms with E-state index in [2.05, 4.69) is 38.2 Å². The molecule has 1 aliphatic heterocycles. The Morgan fingerprint density at radius 1 is 1.09 bits per heavy atom. The van der Waals surface area contributed by atoms with Crippen LogP contribution < -0.4 is 20.5 Å². The average molecular weight is 448 g/mol. The van der Waals surface area contributed by atoms with Gasteiger partial charge in [0.1, 0.15) is 6.04 Å². The van der Waals surface area contributed by atoms with E-state index in [0.29, 0.717) is 40.1 Å². The number of nitrogens with one attached hydrogen (secondary N) is 1. The molecule has 1 aliphatic rings. The number of aromatic nitrogens is 3. The molecule has 2 heterocycles. The Morgan fingerprint density at radius 3 is 2.36 bits per heavy atom. The van der Waals surface area contributed by atoms with Gasteiger partial charge < -0.3 is 20.5 Å². The summed E-state index contributed by atoms with van der Waals surface area (Å²) >= 11 is 0. The molecular formula is C25H29N5O3. The molecule has 0 saturated heterocycles. The van der Waals surface area contributed by atoms with Gasteiger partial charge in [-0.2, -0.15) is 4.98 Å². The molecule has 0 aliphatic carbocycles. The number of carbonyl (C=O) groups is 1. The zero-order chi connectivity index (χ0) is 23.9. The Hall–Kier alpha value is -3.81. The van der Waals surface area contributed by atoms with Crippen molar-refractivity contribution in [3.63, 3.8) is 0 Å². The molecule has 0 fully saturated rings. The average Bonchev–Trinajstić information content (AvgIpc) is 3.20. The molecule has 3 N–H and O–H groups in total. The molecule has 0 radical (unpaired) electrons. The zero-order valence-corrected chi connectivity index (χ0v) is 19.8. The maximum Gasteiger partial charge on any atom is 0.248 e. The predicted octanol–water partition coefficient (Wildman–Crippen LogP) is 4.03. The fourth-order valence-electron chi connectivity index (χ4n) is 4.13. The number of rotatable bonds is 5. The van der Waals surface area contributed by atoms with Crippen LogP contribution in [0.25, 0.3) is 11.4 Å². The van der Waals surface area contributed by atoms with Crippen LogP contribution in [0.2, 0.25) is 0 Å². The minimum atomic E-state index is -0.626. The van der Waals surface area contributed by atoms with E-state index in [1.54, 1.807) is 31.9 Å². The molecule has 0 saturated carbocycles.